The second kappa shape index (κ2) is 10.1. The van der Waals surface area contributed by atoms with Gasteiger partial charge in [0, 0.05) is 23.4 Å². The molecule has 1 aliphatic carbocycles. The molecule has 0 fully saturated rings. The Morgan fingerprint density at radius 3 is 2.69 bits per heavy atom. The Bertz CT molecular complexity index is 1470. The van der Waals surface area contributed by atoms with Crippen molar-refractivity contribution in [3.05, 3.63) is 70.9 Å². The van der Waals surface area contributed by atoms with E-state index in [0.717, 1.165) is 39.1 Å². The quantitative estimate of drug-likeness (QED) is 0.438. The van der Waals surface area contributed by atoms with Crippen molar-refractivity contribution >= 4 is 16.0 Å². The summed E-state index contributed by atoms with van der Waals surface area (Å²) in [6.45, 7) is 5.91. The summed E-state index contributed by atoms with van der Waals surface area (Å²) in [6.07, 6.45) is 8.79. The van der Waals surface area contributed by atoms with Crippen molar-refractivity contribution in [2.45, 2.75) is 45.8 Å². The second-order valence-electron chi connectivity index (χ2n) is 9.14. The summed E-state index contributed by atoms with van der Waals surface area (Å²) in [5.74, 6) is 1.02. The molecular formula is C28H28N2O5S. The number of carboxylic acids is 1. The lowest BCUT2D eigenvalue weighted by Crippen LogP contribution is -2.32. The van der Waals surface area contributed by atoms with Crippen molar-refractivity contribution in [1.29, 1.82) is 0 Å². The zero-order chi connectivity index (χ0) is 26.0. The number of ether oxygens (including phenoxy) is 1. The molecule has 1 aromatic heterocycles. The van der Waals surface area contributed by atoms with Gasteiger partial charge in [0.25, 0.3) is 0 Å². The third-order valence-corrected chi connectivity index (χ3v) is 7.37. The number of terminal acetylenes is 1. The monoisotopic (exact) mass is 504 g/mol. The van der Waals surface area contributed by atoms with Crippen LogP contribution in [-0.2, 0) is 21.2 Å². The van der Waals surface area contributed by atoms with E-state index in [1.54, 1.807) is 0 Å². The molecule has 1 unspecified atom stereocenters. The van der Waals surface area contributed by atoms with Crippen LogP contribution in [0.15, 0.2) is 48.7 Å². The molecule has 7 nitrogen and oxygen atoms in total. The topological polar surface area (TPSA) is 106 Å². The molecule has 8 heteroatoms. The molecule has 1 aliphatic rings. The third-order valence-electron chi connectivity index (χ3n) is 6.10. The van der Waals surface area contributed by atoms with Crippen LogP contribution in [0.25, 0.3) is 22.4 Å². The first-order valence-corrected chi connectivity index (χ1v) is 13.3. The van der Waals surface area contributed by atoms with Gasteiger partial charge in [0.1, 0.15) is 5.75 Å². The minimum Gasteiger partial charge on any atom is -0.490 e. The molecule has 0 amide bonds. The fourth-order valence-corrected chi connectivity index (χ4v) is 5.69. The van der Waals surface area contributed by atoms with Crippen molar-refractivity contribution in [2.24, 2.45) is 0 Å². The molecule has 0 radical (unpaired) electrons. The maximum atomic E-state index is 12.2. The van der Waals surface area contributed by atoms with E-state index in [1.807, 2.05) is 69.4 Å². The minimum absolute atomic E-state index is 0.0160. The predicted molar refractivity (Wildman–Crippen MR) is 139 cm³/mol. The summed E-state index contributed by atoms with van der Waals surface area (Å²) >= 11 is 0. The van der Waals surface area contributed by atoms with Crippen molar-refractivity contribution < 1.29 is 23.1 Å². The van der Waals surface area contributed by atoms with Crippen LogP contribution in [0.4, 0.5) is 0 Å². The number of aliphatic carboxylic acids is 1. The van der Waals surface area contributed by atoms with E-state index >= 15 is 0 Å². The summed E-state index contributed by atoms with van der Waals surface area (Å²) in [7, 11) is -3.93. The number of benzene rings is 2. The van der Waals surface area contributed by atoms with Crippen LogP contribution < -0.4 is 9.46 Å². The van der Waals surface area contributed by atoms with Gasteiger partial charge in [0.15, 0.2) is 5.75 Å². The number of fused-ring (bicyclic) bond motifs is 1. The smallest absolute Gasteiger partial charge is 0.320 e. The number of sulfonamides is 1. The molecule has 2 N–H and O–H groups in total. The summed E-state index contributed by atoms with van der Waals surface area (Å²) in [4.78, 5) is 15.6. The van der Waals surface area contributed by atoms with E-state index in [-0.39, 0.29) is 6.10 Å². The Balaban J connectivity index is 1.64. The zero-order valence-electron chi connectivity index (χ0n) is 20.4. The van der Waals surface area contributed by atoms with E-state index in [4.69, 9.17) is 21.3 Å². The highest BCUT2D eigenvalue weighted by Crippen LogP contribution is 2.39. The molecule has 2 aromatic carbocycles. The number of hydrogen-bond acceptors (Lipinski definition) is 5. The molecule has 0 aliphatic heterocycles. The van der Waals surface area contributed by atoms with Gasteiger partial charge in [0.05, 0.1) is 17.4 Å². The molecule has 0 bridgehead atoms. The maximum absolute atomic E-state index is 12.2. The molecule has 36 heavy (non-hydrogen) atoms. The van der Waals surface area contributed by atoms with E-state index < -0.39 is 27.8 Å². The van der Waals surface area contributed by atoms with Crippen LogP contribution in [0.1, 0.15) is 48.6 Å². The average molecular weight is 505 g/mol. The standard InChI is InChI=1S/C28H28N2O5S/c1-5-19-14-20(9-12-27(19)35-17(2)3)26-13-18(4)24(15-29-26)21-7-6-8-23-22(21)10-11-25(23)30-36(33,34)16-28(31)32/h1,6-9,12-15,17,25,30H,10-11,16H2,2-4H3,(H,31,32). The Morgan fingerprint density at radius 1 is 1.25 bits per heavy atom. The molecule has 3 aromatic rings. The number of hydrogen-bond donors (Lipinski definition) is 2. The fourth-order valence-electron chi connectivity index (χ4n) is 4.60. The lowest BCUT2D eigenvalue weighted by Gasteiger charge is -2.16. The summed E-state index contributed by atoms with van der Waals surface area (Å²) in [5, 5.41) is 8.88. The van der Waals surface area contributed by atoms with Gasteiger partial charge in [-0.25, -0.2) is 13.1 Å². The number of aromatic nitrogens is 1. The molecule has 1 heterocycles. The lowest BCUT2D eigenvalue weighted by molar-refractivity contribution is -0.134. The fraction of sp³-hybridized carbons (Fsp3) is 0.286. The number of nitrogens with one attached hydrogen (secondary N) is 1. The van der Waals surface area contributed by atoms with Gasteiger partial charge in [-0.3, -0.25) is 9.78 Å². The highest BCUT2D eigenvalue weighted by atomic mass is 32.2. The van der Waals surface area contributed by atoms with Crippen molar-refractivity contribution in [3.8, 4) is 40.5 Å². The van der Waals surface area contributed by atoms with E-state index in [9.17, 15) is 13.2 Å². The Hall–Kier alpha value is -3.67. The normalized spacial score (nSPS) is 14.9. The molecule has 186 valence electrons. The minimum atomic E-state index is -3.93. The first-order valence-electron chi connectivity index (χ1n) is 11.7. The predicted octanol–water partition coefficient (Wildman–Crippen LogP) is 4.48. The Labute approximate surface area is 211 Å². The zero-order valence-corrected chi connectivity index (χ0v) is 21.2. The molecule has 0 spiro atoms. The summed E-state index contributed by atoms with van der Waals surface area (Å²) in [5.41, 5.74) is 7.23. The van der Waals surface area contributed by atoms with Gasteiger partial charge >= 0.3 is 5.97 Å². The number of aryl methyl sites for hydroxylation is 1. The van der Waals surface area contributed by atoms with Gasteiger partial charge in [-0.2, -0.15) is 0 Å². The van der Waals surface area contributed by atoms with Crippen LogP contribution in [0.5, 0.6) is 5.75 Å². The van der Waals surface area contributed by atoms with Crippen LogP contribution in [-0.4, -0.2) is 36.3 Å². The number of carboxylic acid groups (broad SMARTS) is 1. The van der Waals surface area contributed by atoms with Gasteiger partial charge in [0.2, 0.25) is 10.0 Å². The third kappa shape index (κ3) is 5.43. The molecular weight excluding hydrogens is 476 g/mol. The lowest BCUT2D eigenvalue weighted by atomic mass is 9.94. The van der Waals surface area contributed by atoms with Gasteiger partial charge in [-0.1, -0.05) is 24.1 Å². The SMILES string of the molecule is C#Cc1cc(-c2cc(C)c(-c3cccc4c3CCC4NS(=O)(=O)CC(=O)O)cn2)ccc1OC(C)C. The van der Waals surface area contributed by atoms with E-state index in [2.05, 4.69) is 10.6 Å². The number of rotatable bonds is 8. The molecule has 0 saturated carbocycles. The van der Waals surface area contributed by atoms with Gasteiger partial charge in [-0.15, -0.1) is 6.42 Å². The number of carbonyl (C=O) groups is 1. The van der Waals surface area contributed by atoms with Crippen LogP contribution in [0.2, 0.25) is 0 Å². The van der Waals surface area contributed by atoms with Crippen LogP contribution >= 0.6 is 0 Å². The molecule has 0 saturated heterocycles. The number of pyridine rings is 1. The van der Waals surface area contributed by atoms with Crippen LogP contribution in [0, 0.1) is 19.3 Å². The Morgan fingerprint density at radius 2 is 2.03 bits per heavy atom. The van der Waals surface area contributed by atoms with Gasteiger partial charge in [-0.05, 0) is 80.1 Å². The first kappa shape index (κ1) is 25.4. The highest BCUT2D eigenvalue weighted by molar-refractivity contribution is 7.90. The summed E-state index contributed by atoms with van der Waals surface area (Å²) < 4.78 is 32.7. The largest absolute Gasteiger partial charge is 0.490 e. The van der Waals surface area contributed by atoms with Crippen molar-refractivity contribution in [2.75, 3.05) is 5.75 Å². The van der Waals surface area contributed by atoms with Crippen molar-refractivity contribution in [1.82, 2.24) is 9.71 Å². The number of nitrogens with zero attached hydrogens (tertiary/aromatic N) is 1. The Kier molecular flexibility index (Phi) is 7.16. The van der Waals surface area contributed by atoms with E-state index in [1.165, 1.54) is 0 Å². The second-order valence-corrected chi connectivity index (χ2v) is 10.9. The highest BCUT2D eigenvalue weighted by Gasteiger charge is 2.29. The van der Waals surface area contributed by atoms with Gasteiger partial charge < -0.3 is 9.84 Å². The molecule has 4 rings (SSSR count). The first-order chi connectivity index (χ1) is 17.1. The van der Waals surface area contributed by atoms with E-state index in [0.29, 0.717) is 24.2 Å². The summed E-state index contributed by atoms with van der Waals surface area (Å²) in [6, 6.07) is 13.0. The molecule has 1 atom stereocenters. The maximum Gasteiger partial charge on any atom is 0.320 e. The van der Waals surface area contributed by atoms with Crippen LogP contribution in [0.3, 0.4) is 0 Å². The van der Waals surface area contributed by atoms with Crippen molar-refractivity contribution in [3.63, 3.8) is 0 Å². The average Bonchev–Trinajstić information content (AvgIpc) is 3.20.